The van der Waals surface area contributed by atoms with Crippen LogP contribution in [0.4, 0.5) is 10.5 Å². The number of hydrogen-bond donors (Lipinski definition) is 5. The van der Waals surface area contributed by atoms with Crippen molar-refractivity contribution in [3.63, 3.8) is 0 Å². The molecule has 0 bridgehead atoms. The zero-order valence-corrected chi connectivity index (χ0v) is 25.3. The van der Waals surface area contributed by atoms with E-state index in [1.54, 1.807) is 30.3 Å². The number of aromatic nitrogens is 2. The number of benzene rings is 4. The lowest BCUT2D eigenvalue weighted by molar-refractivity contribution is 0.235. The third-order valence-electron chi connectivity index (χ3n) is 7.09. The van der Waals surface area contributed by atoms with Crippen LogP contribution in [-0.2, 0) is 19.6 Å². The Morgan fingerprint density at radius 2 is 1.70 bits per heavy atom. The molecule has 0 aliphatic heterocycles. The summed E-state index contributed by atoms with van der Waals surface area (Å²) < 4.78 is 6.05. The predicted octanol–water partition coefficient (Wildman–Crippen LogP) is 7.72. The number of H-pyrrole nitrogens is 1. The van der Waals surface area contributed by atoms with Crippen molar-refractivity contribution in [1.29, 1.82) is 5.41 Å². The highest BCUT2D eigenvalue weighted by Crippen LogP contribution is 2.31. The Hall–Kier alpha value is -4.79. The lowest BCUT2D eigenvalue weighted by Crippen LogP contribution is -2.38. The van der Waals surface area contributed by atoms with E-state index in [1.165, 1.54) is 6.21 Å². The van der Waals surface area contributed by atoms with Crippen molar-refractivity contribution in [2.24, 2.45) is 0 Å². The molecule has 0 saturated heterocycles. The van der Waals surface area contributed by atoms with Crippen molar-refractivity contribution >= 4 is 41.1 Å². The van der Waals surface area contributed by atoms with Gasteiger partial charge >= 0.3 is 6.03 Å². The Balaban J connectivity index is 1.31. The molecule has 0 aliphatic rings. The number of aromatic amines is 1. The maximum absolute atomic E-state index is 13.3. The molecule has 0 saturated carbocycles. The minimum atomic E-state index is -0.479. The molecule has 1 heterocycles. The summed E-state index contributed by atoms with van der Waals surface area (Å²) in [5.41, 5.74) is 11.3. The zero-order valence-electron chi connectivity index (χ0n) is 23.8. The second-order valence-electron chi connectivity index (χ2n) is 10.2. The van der Waals surface area contributed by atoms with Gasteiger partial charge in [0.2, 0.25) is 0 Å². The molecule has 5 rings (SSSR count). The van der Waals surface area contributed by atoms with Gasteiger partial charge in [-0.15, -0.1) is 0 Å². The van der Waals surface area contributed by atoms with E-state index in [4.69, 9.17) is 44.1 Å². The van der Waals surface area contributed by atoms with Crippen LogP contribution in [0.5, 0.6) is 5.75 Å². The molecule has 6 N–H and O–H groups in total. The molecule has 1 aromatic heterocycles. The van der Waals surface area contributed by atoms with Crippen molar-refractivity contribution in [2.75, 3.05) is 5.73 Å². The van der Waals surface area contributed by atoms with Crippen molar-refractivity contribution in [3.8, 4) is 17.0 Å². The predicted molar refractivity (Wildman–Crippen MR) is 176 cm³/mol. The van der Waals surface area contributed by atoms with Gasteiger partial charge in [0.1, 0.15) is 29.0 Å². The molecule has 44 heavy (non-hydrogen) atoms. The van der Waals surface area contributed by atoms with E-state index in [0.29, 0.717) is 63.7 Å². The summed E-state index contributed by atoms with van der Waals surface area (Å²) in [6.07, 6.45) is 2.46. The number of nitrogens with two attached hydrogens (primary N) is 1. The smallest absolute Gasteiger partial charge is 0.315 e. The number of rotatable bonds is 12. The van der Waals surface area contributed by atoms with E-state index in [9.17, 15) is 4.79 Å². The first kappa shape index (κ1) is 30.7. The summed E-state index contributed by atoms with van der Waals surface area (Å²) in [7, 11) is 0. The number of urea groups is 1. The Morgan fingerprint density at radius 3 is 2.41 bits per heavy atom. The number of nitrogen functional groups attached to an aromatic ring is 1. The highest BCUT2D eigenvalue weighted by Gasteiger charge is 2.22. The van der Waals surface area contributed by atoms with Crippen LogP contribution >= 0.6 is 23.2 Å². The Labute approximate surface area is 266 Å². The number of amides is 2. The lowest BCUT2D eigenvalue weighted by atomic mass is 10.0. The van der Waals surface area contributed by atoms with Gasteiger partial charge in [-0.05, 0) is 48.2 Å². The van der Waals surface area contributed by atoms with Crippen LogP contribution < -0.4 is 21.1 Å². The number of halogens is 2. The molecular weight excluding hydrogens is 595 g/mol. The first-order valence-corrected chi connectivity index (χ1v) is 14.8. The number of imidazole rings is 1. The fourth-order valence-electron chi connectivity index (χ4n) is 4.76. The summed E-state index contributed by atoms with van der Waals surface area (Å²) in [6, 6.07) is 29.6. The summed E-state index contributed by atoms with van der Waals surface area (Å²) in [4.78, 5) is 21.2. The fourth-order valence-corrected chi connectivity index (χ4v) is 5.20. The van der Waals surface area contributed by atoms with Gasteiger partial charge in [0, 0.05) is 40.2 Å². The number of nitrogens with one attached hydrogen (secondary N) is 4. The number of carbonyl (C=O) groups excluding carboxylic acids is 1. The summed E-state index contributed by atoms with van der Waals surface area (Å²) in [6.45, 7) is 0.589. The van der Waals surface area contributed by atoms with Gasteiger partial charge in [-0.25, -0.2) is 9.78 Å². The van der Waals surface area contributed by atoms with Crippen LogP contribution in [0.25, 0.3) is 11.3 Å². The molecule has 0 spiro atoms. The topological polar surface area (TPSA) is 129 Å². The van der Waals surface area contributed by atoms with E-state index in [1.807, 2.05) is 66.7 Å². The van der Waals surface area contributed by atoms with Crippen LogP contribution in [-0.4, -0.2) is 22.2 Å². The Kier molecular flexibility index (Phi) is 10.2. The molecule has 224 valence electrons. The number of ether oxygens (including phenoxy) is 1. The molecule has 10 heteroatoms. The fraction of sp³-hybridized carbons (Fsp3) is 0.147. The second-order valence-corrected chi connectivity index (χ2v) is 11.0. The molecule has 0 radical (unpaired) electrons. The van der Waals surface area contributed by atoms with Crippen molar-refractivity contribution in [2.45, 2.75) is 32.0 Å². The van der Waals surface area contributed by atoms with E-state index in [0.717, 1.165) is 16.7 Å². The van der Waals surface area contributed by atoms with Crippen LogP contribution in [0.2, 0.25) is 10.2 Å². The van der Waals surface area contributed by atoms with Crippen molar-refractivity contribution in [1.82, 2.24) is 20.6 Å². The highest BCUT2D eigenvalue weighted by molar-refractivity contribution is 6.32. The average molecular weight is 628 g/mol. The molecule has 5 aromatic rings. The monoisotopic (exact) mass is 626 g/mol. The minimum absolute atomic E-state index is 0.199. The standard InChI is InChI=1S/C34H32Cl2N6O2/c35-27-14-16-30(44-21-23-9-5-2-6-10-23)26(17-27)20-39-34(43)40-29(15-11-22-7-3-1-4-8-22)33-41-31(32(36)42-33)24-12-13-25(19-37)28(38)18-24/h1-10,12-14,16-19,29,37H,11,15,20-21,38H2,(H,41,42)(H2,39,40,43)/t29-/m0/s1. The van der Waals surface area contributed by atoms with Gasteiger partial charge in [0.25, 0.3) is 0 Å². The SMILES string of the molecule is N=Cc1ccc(-c2nc([C@H](CCc3ccccc3)NC(=O)NCc3cc(Cl)ccc3OCc3ccccc3)[nH]c2Cl)cc1N. The number of hydrogen-bond acceptors (Lipinski definition) is 5. The van der Waals surface area contributed by atoms with E-state index in [-0.39, 0.29) is 12.6 Å². The Morgan fingerprint density at radius 1 is 0.977 bits per heavy atom. The van der Waals surface area contributed by atoms with Gasteiger partial charge < -0.3 is 31.5 Å². The van der Waals surface area contributed by atoms with Crippen LogP contribution in [0.15, 0.2) is 97.1 Å². The van der Waals surface area contributed by atoms with Crippen LogP contribution in [0.3, 0.4) is 0 Å². The molecule has 8 nitrogen and oxygen atoms in total. The quantitative estimate of drug-likeness (QED) is 0.0717. The van der Waals surface area contributed by atoms with Gasteiger partial charge in [0.15, 0.2) is 0 Å². The first-order chi connectivity index (χ1) is 21.4. The number of anilines is 1. The van der Waals surface area contributed by atoms with Gasteiger partial charge in [-0.1, -0.05) is 96.0 Å². The summed E-state index contributed by atoms with van der Waals surface area (Å²) >= 11 is 12.9. The van der Waals surface area contributed by atoms with Crippen LogP contribution in [0, 0.1) is 5.41 Å². The molecule has 4 aromatic carbocycles. The number of nitrogens with zero attached hydrogens (tertiary/aromatic N) is 1. The van der Waals surface area contributed by atoms with E-state index >= 15 is 0 Å². The van der Waals surface area contributed by atoms with Crippen molar-refractivity contribution < 1.29 is 9.53 Å². The van der Waals surface area contributed by atoms with Gasteiger partial charge in [-0.3, -0.25) is 0 Å². The Bertz CT molecular complexity index is 1730. The first-order valence-electron chi connectivity index (χ1n) is 14.1. The third-order valence-corrected chi connectivity index (χ3v) is 7.60. The number of aryl methyl sites for hydroxylation is 1. The second kappa shape index (κ2) is 14.6. The number of carbonyl (C=O) groups is 1. The highest BCUT2D eigenvalue weighted by atomic mass is 35.5. The maximum Gasteiger partial charge on any atom is 0.315 e. The molecule has 0 fully saturated rings. The third kappa shape index (κ3) is 7.98. The summed E-state index contributed by atoms with van der Waals surface area (Å²) in [5.74, 6) is 1.15. The molecule has 2 amide bonds. The lowest BCUT2D eigenvalue weighted by Gasteiger charge is -2.18. The minimum Gasteiger partial charge on any atom is -0.489 e. The zero-order chi connectivity index (χ0) is 30.9. The van der Waals surface area contributed by atoms with Crippen molar-refractivity contribution in [3.05, 3.63) is 135 Å². The maximum atomic E-state index is 13.3. The van der Waals surface area contributed by atoms with Gasteiger partial charge in [-0.2, -0.15) is 0 Å². The van der Waals surface area contributed by atoms with Crippen LogP contribution in [0.1, 0.15) is 40.5 Å². The normalized spacial score (nSPS) is 11.5. The molecule has 0 unspecified atom stereocenters. The largest absolute Gasteiger partial charge is 0.489 e. The molecule has 0 aliphatic carbocycles. The van der Waals surface area contributed by atoms with Gasteiger partial charge in [0.05, 0.1) is 6.04 Å². The average Bonchev–Trinajstić information content (AvgIpc) is 3.43. The van der Waals surface area contributed by atoms with E-state index in [2.05, 4.69) is 15.6 Å². The summed E-state index contributed by atoms with van der Waals surface area (Å²) in [5, 5.41) is 14.4. The molecule has 1 atom stereocenters. The van der Waals surface area contributed by atoms with E-state index < -0.39 is 6.04 Å². The molecular formula is C34H32Cl2N6O2.